The van der Waals surface area contributed by atoms with E-state index in [0.29, 0.717) is 17.3 Å². The molecule has 152 valence electrons. The van der Waals surface area contributed by atoms with E-state index in [0.717, 1.165) is 5.75 Å². The second-order valence-corrected chi connectivity index (χ2v) is 7.78. The molecule has 0 spiro atoms. The molecule has 9 heteroatoms. The Bertz CT molecular complexity index is 1110. The number of carbonyl (C=O) groups excluding carboxylic acids is 4. The Hall–Kier alpha value is -3.30. The van der Waals surface area contributed by atoms with Crippen LogP contribution in [0.25, 0.3) is 0 Å². The van der Waals surface area contributed by atoms with Gasteiger partial charge in [-0.25, -0.2) is 0 Å². The lowest BCUT2D eigenvalue weighted by molar-refractivity contribution is -0.122. The van der Waals surface area contributed by atoms with Gasteiger partial charge in [-0.3, -0.25) is 24.2 Å². The van der Waals surface area contributed by atoms with Gasteiger partial charge in [0.2, 0.25) is 0 Å². The van der Waals surface area contributed by atoms with Gasteiger partial charge in [-0.05, 0) is 18.2 Å². The largest absolute Gasteiger partial charge is 0.394 e. The van der Waals surface area contributed by atoms with Crippen molar-refractivity contribution in [3.63, 3.8) is 0 Å². The van der Waals surface area contributed by atoms with Crippen molar-refractivity contribution >= 4 is 40.3 Å². The summed E-state index contributed by atoms with van der Waals surface area (Å²) in [6.07, 6.45) is 0. The number of aliphatic hydroxyl groups is 1. The summed E-state index contributed by atoms with van der Waals surface area (Å²) in [5.74, 6) is -1.10. The molecule has 1 aliphatic carbocycles. The minimum atomic E-state index is -1.18. The van der Waals surface area contributed by atoms with E-state index in [-0.39, 0.29) is 33.8 Å². The van der Waals surface area contributed by atoms with Gasteiger partial charge in [-0.15, -0.1) is 0 Å². The standard InChI is InChI=1S/C21H17N3O5S/c25-10-16(20(29)24-21-22-7-8-30-21)23-19(28)11-5-6-14-15(9-11)18(27)13-4-2-1-3-12(13)17(14)26/h1-6,9,16,25H,7-8,10H2,(H,23,28)(H,22,24,29). The van der Waals surface area contributed by atoms with Crippen LogP contribution >= 0.6 is 11.8 Å². The van der Waals surface area contributed by atoms with Crippen LogP contribution in [0.2, 0.25) is 0 Å². The number of fused-ring (bicyclic) bond motifs is 2. The molecule has 3 N–H and O–H groups in total. The SMILES string of the molecule is O=C(NC(CO)C(=O)NC1=NCCS1)c1ccc2c(c1)C(=O)c1ccccc1C2=O. The highest BCUT2D eigenvalue weighted by Gasteiger charge is 2.30. The summed E-state index contributed by atoms with van der Waals surface area (Å²) in [5, 5.41) is 15.0. The van der Waals surface area contributed by atoms with E-state index in [1.807, 2.05) is 0 Å². The molecule has 30 heavy (non-hydrogen) atoms. The molecule has 0 fully saturated rings. The Balaban J connectivity index is 1.54. The van der Waals surface area contributed by atoms with Gasteiger partial charge in [0.15, 0.2) is 16.7 Å². The van der Waals surface area contributed by atoms with Crippen molar-refractivity contribution in [2.45, 2.75) is 6.04 Å². The monoisotopic (exact) mass is 423 g/mol. The summed E-state index contributed by atoms with van der Waals surface area (Å²) in [5.41, 5.74) is 1.08. The van der Waals surface area contributed by atoms with E-state index in [1.54, 1.807) is 24.3 Å². The van der Waals surface area contributed by atoms with Crippen molar-refractivity contribution in [2.24, 2.45) is 4.99 Å². The van der Waals surface area contributed by atoms with Crippen molar-refractivity contribution in [1.82, 2.24) is 10.6 Å². The van der Waals surface area contributed by atoms with Gasteiger partial charge in [0, 0.05) is 33.6 Å². The zero-order valence-corrected chi connectivity index (χ0v) is 16.5. The highest BCUT2D eigenvalue weighted by molar-refractivity contribution is 8.14. The van der Waals surface area contributed by atoms with Gasteiger partial charge in [0.25, 0.3) is 11.8 Å². The lowest BCUT2D eigenvalue weighted by atomic mass is 9.83. The molecular weight excluding hydrogens is 406 g/mol. The van der Waals surface area contributed by atoms with Gasteiger partial charge in [0.05, 0.1) is 13.2 Å². The van der Waals surface area contributed by atoms with Gasteiger partial charge < -0.3 is 15.7 Å². The zero-order valence-electron chi connectivity index (χ0n) is 15.7. The van der Waals surface area contributed by atoms with Crippen LogP contribution in [0.5, 0.6) is 0 Å². The third-order valence-corrected chi connectivity index (χ3v) is 5.70. The smallest absolute Gasteiger partial charge is 0.252 e. The fraction of sp³-hybridized carbons (Fsp3) is 0.190. The number of rotatable bonds is 4. The van der Waals surface area contributed by atoms with Crippen molar-refractivity contribution in [3.8, 4) is 0 Å². The first-order chi connectivity index (χ1) is 14.5. The number of aliphatic hydroxyl groups excluding tert-OH is 1. The first kappa shape index (κ1) is 20.0. The van der Waals surface area contributed by atoms with Crippen molar-refractivity contribution in [1.29, 1.82) is 0 Å². The van der Waals surface area contributed by atoms with Crippen LogP contribution in [0.4, 0.5) is 0 Å². The van der Waals surface area contributed by atoms with E-state index in [9.17, 15) is 24.3 Å². The molecule has 1 atom stereocenters. The Morgan fingerprint density at radius 2 is 1.70 bits per heavy atom. The van der Waals surface area contributed by atoms with Crippen molar-refractivity contribution < 1.29 is 24.3 Å². The number of nitrogens with zero attached hydrogens (tertiary/aromatic N) is 1. The summed E-state index contributed by atoms with van der Waals surface area (Å²) in [4.78, 5) is 54.5. The highest BCUT2D eigenvalue weighted by Crippen LogP contribution is 2.27. The van der Waals surface area contributed by atoms with Crippen LogP contribution in [0.3, 0.4) is 0 Å². The average molecular weight is 423 g/mol. The van der Waals surface area contributed by atoms with E-state index < -0.39 is 24.5 Å². The fourth-order valence-corrected chi connectivity index (χ4v) is 4.01. The van der Waals surface area contributed by atoms with Crippen LogP contribution in [-0.4, -0.2) is 58.6 Å². The maximum absolute atomic E-state index is 12.8. The highest BCUT2D eigenvalue weighted by atomic mass is 32.2. The second kappa shape index (κ2) is 8.21. The number of hydrogen-bond acceptors (Lipinski definition) is 7. The van der Waals surface area contributed by atoms with Crippen LogP contribution in [0, 0.1) is 0 Å². The summed E-state index contributed by atoms with van der Waals surface area (Å²) < 4.78 is 0. The molecule has 0 saturated heterocycles. The number of thioether (sulfide) groups is 1. The average Bonchev–Trinajstić information content (AvgIpc) is 3.28. The quantitative estimate of drug-likeness (QED) is 0.569. The maximum Gasteiger partial charge on any atom is 0.252 e. The van der Waals surface area contributed by atoms with Crippen molar-refractivity contribution in [2.75, 3.05) is 18.9 Å². The number of amides is 2. The minimum absolute atomic E-state index is 0.105. The first-order valence-corrected chi connectivity index (χ1v) is 10.2. The Labute approximate surface area is 175 Å². The molecule has 0 saturated carbocycles. The summed E-state index contributed by atoms with van der Waals surface area (Å²) in [6, 6.07) is 9.52. The van der Waals surface area contributed by atoms with Gasteiger partial charge in [0.1, 0.15) is 6.04 Å². The normalized spacial score (nSPS) is 15.7. The summed E-state index contributed by atoms with van der Waals surface area (Å²) in [7, 11) is 0. The number of benzene rings is 2. The molecule has 1 aliphatic heterocycles. The predicted octanol–water partition coefficient (Wildman–Crippen LogP) is 0.772. The number of nitrogens with one attached hydrogen (secondary N) is 2. The van der Waals surface area contributed by atoms with E-state index in [1.165, 1.54) is 30.0 Å². The van der Waals surface area contributed by atoms with Gasteiger partial charge in [-0.1, -0.05) is 36.0 Å². The van der Waals surface area contributed by atoms with Crippen LogP contribution in [-0.2, 0) is 4.79 Å². The molecule has 2 aromatic rings. The zero-order chi connectivity index (χ0) is 21.3. The third-order valence-electron chi connectivity index (χ3n) is 4.81. The van der Waals surface area contributed by atoms with Crippen LogP contribution in [0.15, 0.2) is 47.5 Å². The summed E-state index contributed by atoms with van der Waals surface area (Å²) >= 11 is 1.38. The first-order valence-electron chi connectivity index (χ1n) is 9.22. The molecule has 4 rings (SSSR count). The summed E-state index contributed by atoms with van der Waals surface area (Å²) in [6.45, 7) is -0.00726. The Kier molecular flexibility index (Phi) is 5.47. The topological polar surface area (TPSA) is 125 Å². The lowest BCUT2D eigenvalue weighted by Gasteiger charge is -2.19. The van der Waals surface area contributed by atoms with E-state index >= 15 is 0 Å². The lowest BCUT2D eigenvalue weighted by Crippen LogP contribution is -2.49. The molecule has 1 heterocycles. The molecule has 0 aromatic heterocycles. The Morgan fingerprint density at radius 1 is 1.03 bits per heavy atom. The molecule has 2 aromatic carbocycles. The number of carbonyl (C=O) groups is 4. The van der Waals surface area contributed by atoms with Gasteiger partial charge >= 0.3 is 0 Å². The number of aliphatic imine (C=N–C) groups is 1. The molecule has 0 bridgehead atoms. The van der Waals surface area contributed by atoms with Crippen molar-refractivity contribution in [3.05, 3.63) is 70.3 Å². The number of hydrogen-bond donors (Lipinski definition) is 3. The molecule has 8 nitrogen and oxygen atoms in total. The van der Waals surface area contributed by atoms with Gasteiger partial charge in [-0.2, -0.15) is 0 Å². The van der Waals surface area contributed by atoms with E-state index in [4.69, 9.17) is 0 Å². The number of amidine groups is 1. The molecule has 1 unspecified atom stereocenters. The second-order valence-electron chi connectivity index (χ2n) is 6.70. The molecule has 2 amide bonds. The van der Waals surface area contributed by atoms with E-state index in [2.05, 4.69) is 15.6 Å². The maximum atomic E-state index is 12.8. The number of ketones is 2. The Morgan fingerprint density at radius 3 is 2.33 bits per heavy atom. The van der Waals surface area contributed by atoms with Crippen LogP contribution < -0.4 is 10.6 Å². The minimum Gasteiger partial charge on any atom is -0.394 e. The molecular formula is C21H17N3O5S. The third kappa shape index (κ3) is 3.64. The van der Waals surface area contributed by atoms with Crippen LogP contribution in [0.1, 0.15) is 42.2 Å². The predicted molar refractivity (Wildman–Crippen MR) is 111 cm³/mol. The molecule has 0 radical (unpaired) electrons. The fourth-order valence-electron chi connectivity index (χ4n) is 3.28. The molecule has 2 aliphatic rings.